The van der Waals surface area contributed by atoms with E-state index in [2.05, 4.69) is 10.5 Å². The first kappa shape index (κ1) is 18.0. The Morgan fingerprint density at radius 1 is 1.40 bits per heavy atom. The maximum absolute atomic E-state index is 12.3. The van der Waals surface area contributed by atoms with Crippen molar-refractivity contribution >= 4 is 17.6 Å². The van der Waals surface area contributed by atoms with Gasteiger partial charge in [0.25, 0.3) is 5.91 Å². The molecule has 1 aromatic heterocycles. The van der Waals surface area contributed by atoms with Crippen molar-refractivity contribution in [2.45, 2.75) is 20.0 Å². The van der Waals surface area contributed by atoms with Crippen molar-refractivity contribution in [2.75, 3.05) is 18.9 Å². The summed E-state index contributed by atoms with van der Waals surface area (Å²) in [5, 5.41) is 15.0. The van der Waals surface area contributed by atoms with E-state index in [1.54, 1.807) is 44.2 Å². The van der Waals surface area contributed by atoms with Crippen molar-refractivity contribution in [3.05, 3.63) is 41.7 Å². The van der Waals surface area contributed by atoms with Gasteiger partial charge in [0.15, 0.2) is 11.9 Å². The molecule has 0 aliphatic carbocycles. The molecule has 0 bridgehead atoms. The molecule has 1 aromatic carbocycles. The minimum absolute atomic E-state index is 0.147. The number of nitriles is 1. The summed E-state index contributed by atoms with van der Waals surface area (Å²) >= 11 is 0. The van der Waals surface area contributed by atoms with Crippen molar-refractivity contribution in [1.29, 1.82) is 5.26 Å². The Kier molecular flexibility index (Phi) is 5.74. The third kappa shape index (κ3) is 5.07. The van der Waals surface area contributed by atoms with Gasteiger partial charge >= 0.3 is 0 Å². The van der Waals surface area contributed by atoms with E-state index in [1.807, 2.05) is 6.07 Å². The summed E-state index contributed by atoms with van der Waals surface area (Å²) in [6.45, 7) is 3.15. The molecule has 1 heterocycles. The highest BCUT2D eigenvalue weighted by Gasteiger charge is 2.21. The summed E-state index contributed by atoms with van der Waals surface area (Å²) in [6.07, 6.45) is -0.778. The van der Waals surface area contributed by atoms with Gasteiger partial charge in [0.1, 0.15) is 11.5 Å². The molecule has 2 amide bonds. The van der Waals surface area contributed by atoms with Crippen molar-refractivity contribution in [3.8, 4) is 11.8 Å². The SMILES string of the molecule is Cc1cc(NC(=O)CN(C)C(=O)C(C)Oc2ccc(C#N)cc2)no1. The Morgan fingerprint density at radius 2 is 2.08 bits per heavy atom. The molecule has 2 rings (SSSR count). The van der Waals surface area contributed by atoms with Gasteiger partial charge in [-0.05, 0) is 38.1 Å². The molecular formula is C17H18N4O4. The number of carbonyl (C=O) groups excluding carboxylic acids is 2. The van der Waals surface area contributed by atoms with Crippen LogP contribution in [0.15, 0.2) is 34.9 Å². The number of nitrogens with zero attached hydrogens (tertiary/aromatic N) is 3. The molecule has 0 spiro atoms. The molecule has 1 N–H and O–H groups in total. The molecule has 0 saturated heterocycles. The summed E-state index contributed by atoms with van der Waals surface area (Å²) in [4.78, 5) is 25.5. The number of benzene rings is 1. The molecule has 8 nitrogen and oxygen atoms in total. The van der Waals surface area contributed by atoms with Crippen LogP contribution in [0.1, 0.15) is 18.2 Å². The van der Waals surface area contributed by atoms with Crippen molar-refractivity contribution < 1.29 is 18.8 Å². The third-order valence-electron chi connectivity index (χ3n) is 3.30. The van der Waals surface area contributed by atoms with Crippen LogP contribution in [0.2, 0.25) is 0 Å². The van der Waals surface area contributed by atoms with Crippen LogP contribution in [0.25, 0.3) is 0 Å². The zero-order valence-electron chi connectivity index (χ0n) is 14.1. The van der Waals surface area contributed by atoms with Crippen LogP contribution in [-0.2, 0) is 9.59 Å². The number of hydrogen-bond donors (Lipinski definition) is 1. The van der Waals surface area contributed by atoms with Gasteiger partial charge in [-0.25, -0.2) is 0 Å². The summed E-state index contributed by atoms with van der Waals surface area (Å²) in [5.74, 6) is 0.593. The summed E-state index contributed by atoms with van der Waals surface area (Å²) in [6, 6.07) is 10.0. The van der Waals surface area contributed by atoms with Crippen LogP contribution < -0.4 is 10.1 Å². The maximum Gasteiger partial charge on any atom is 0.263 e. The predicted octanol–water partition coefficient (Wildman–Crippen LogP) is 1.72. The number of ether oxygens (including phenoxy) is 1. The summed E-state index contributed by atoms with van der Waals surface area (Å²) in [5.41, 5.74) is 0.503. The molecule has 0 saturated carbocycles. The highest BCUT2D eigenvalue weighted by Crippen LogP contribution is 2.14. The van der Waals surface area contributed by atoms with Gasteiger partial charge < -0.3 is 19.5 Å². The van der Waals surface area contributed by atoms with E-state index in [9.17, 15) is 9.59 Å². The minimum atomic E-state index is -0.778. The lowest BCUT2D eigenvalue weighted by Crippen LogP contribution is -2.42. The number of hydrogen-bond acceptors (Lipinski definition) is 6. The number of carbonyl (C=O) groups is 2. The predicted molar refractivity (Wildman–Crippen MR) is 88.8 cm³/mol. The highest BCUT2D eigenvalue weighted by atomic mass is 16.5. The summed E-state index contributed by atoms with van der Waals surface area (Å²) < 4.78 is 10.4. The fourth-order valence-corrected chi connectivity index (χ4v) is 2.07. The van der Waals surface area contributed by atoms with E-state index in [1.165, 1.54) is 11.9 Å². The first-order valence-electron chi connectivity index (χ1n) is 7.54. The first-order chi connectivity index (χ1) is 11.9. The lowest BCUT2D eigenvalue weighted by Gasteiger charge is -2.21. The standard InChI is InChI=1S/C17H18N4O4/c1-11-8-15(20-25-11)19-16(22)10-21(3)17(23)12(2)24-14-6-4-13(9-18)5-7-14/h4-8,12H,10H2,1-3H3,(H,19,20,22). The van der Waals surface area contributed by atoms with E-state index in [0.717, 1.165) is 0 Å². The first-order valence-corrected chi connectivity index (χ1v) is 7.54. The molecule has 8 heteroatoms. The molecule has 2 aromatic rings. The van der Waals surface area contributed by atoms with Gasteiger partial charge in [0.05, 0.1) is 18.2 Å². The quantitative estimate of drug-likeness (QED) is 0.856. The van der Waals surface area contributed by atoms with Gasteiger partial charge in [0, 0.05) is 13.1 Å². The topological polar surface area (TPSA) is 108 Å². The number of rotatable bonds is 6. The van der Waals surface area contributed by atoms with Gasteiger partial charge in [0.2, 0.25) is 5.91 Å². The monoisotopic (exact) mass is 342 g/mol. The Balaban J connectivity index is 1.87. The lowest BCUT2D eigenvalue weighted by molar-refractivity contribution is -0.139. The van der Waals surface area contributed by atoms with E-state index in [-0.39, 0.29) is 12.5 Å². The number of anilines is 1. The van der Waals surface area contributed by atoms with Crippen LogP contribution >= 0.6 is 0 Å². The Morgan fingerprint density at radius 3 is 2.64 bits per heavy atom. The van der Waals surface area contributed by atoms with Crippen LogP contribution in [0, 0.1) is 18.3 Å². The van der Waals surface area contributed by atoms with Crippen molar-refractivity contribution in [2.24, 2.45) is 0 Å². The average molecular weight is 342 g/mol. The van der Waals surface area contributed by atoms with Gasteiger partial charge in [-0.2, -0.15) is 5.26 Å². The Labute approximate surface area is 145 Å². The number of aromatic nitrogens is 1. The molecule has 0 aliphatic rings. The van der Waals surface area contributed by atoms with Crippen LogP contribution in [0.5, 0.6) is 5.75 Å². The number of likely N-dealkylation sites (N-methyl/N-ethyl adjacent to an activating group) is 1. The minimum Gasteiger partial charge on any atom is -0.481 e. The van der Waals surface area contributed by atoms with Gasteiger partial charge in [-0.1, -0.05) is 5.16 Å². The number of aryl methyl sites for hydroxylation is 1. The van der Waals surface area contributed by atoms with Crippen LogP contribution in [0.4, 0.5) is 5.82 Å². The smallest absolute Gasteiger partial charge is 0.263 e. The molecule has 0 aliphatic heterocycles. The highest BCUT2D eigenvalue weighted by molar-refractivity contribution is 5.94. The molecule has 130 valence electrons. The Hall–Kier alpha value is -3.34. The Bertz CT molecular complexity index is 792. The zero-order valence-corrected chi connectivity index (χ0v) is 14.1. The fourth-order valence-electron chi connectivity index (χ4n) is 2.07. The fraction of sp³-hybridized carbons (Fsp3) is 0.294. The van der Waals surface area contributed by atoms with E-state index in [0.29, 0.717) is 22.9 Å². The molecule has 25 heavy (non-hydrogen) atoms. The molecule has 1 atom stereocenters. The third-order valence-corrected chi connectivity index (χ3v) is 3.30. The number of amides is 2. The second-order valence-corrected chi connectivity index (χ2v) is 5.46. The average Bonchev–Trinajstić information content (AvgIpc) is 2.99. The normalized spacial score (nSPS) is 11.3. The van der Waals surface area contributed by atoms with Gasteiger partial charge in [-0.3, -0.25) is 9.59 Å². The van der Waals surface area contributed by atoms with E-state index in [4.69, 9.17) is 14.5 Å². The second-order valence-electron chi connectivity index (χ2n) is 5.46. The van der Waals surface area contributed by atoms with Crippen molar-refractivity contribution in [3.63, 3.8) is 0 Å². The van der Waals surface area contributed by atoms with Gasteiger partial charge in [-0.15, -0.1) is 0 Å². The van der Waals surface area contributed by atoms with Crippen LogP contribution in [-0.4, -0.2) is 41.6 Å². The molecule has 0 fully saturated rings. The summed E-state index contributed by atoms with van der Waals surface area (Å²) in [7, 11) is 1.51. The number of nitrogens with one attached hydrogen (secondary N) is 1. The zero-order chi connectivity index (χ0) is 18.4. The second kappa shape index (κ2) is 7.97. The maximum atomic E-state index is 12.3. The van der Waals surface area contributed by atoms with Crippen LogP contribution in [0.3, 0.4) is 0 Å². The molecule has 0 radical (unpaired) electrons. The van der Waals surface area contributed by atoms with E-state index < -0.39 is 12.0 Å². The van der Waals surface area contributed by atoms with Crippen molar-refractivity contribution in [1.82, 2.24) is 10.1 Å². The lowest BCUT2D eigenvalue weighted by atomic mass is 10.2. The molecular weight excluding hydrogens is 324 g/mol. The van der Waals surface area contributed by atoms with E-state index >= 15 is 0 Å². The molecule has 1 unspecified atom stereocenters. The largest absolute Gasteiger partial charge is 0.481 e.